The first-order valence-electron chi connectivity index (χ1n) is 9.78. The highest BCUT2D eigenvalue weighted by Gasteiger charge is 2.28. The van der Waals surface area contributed by atoms with Crippen molar-refractivity contribution in [1.82, 2.24) is 14.1 Å². The van der Waals surface area contributed by atoms with E-state index in [9.17, 15) is 0 Å². The molecule has 2 aromatic carbocycles. The molecule has 29 heavy (non-hydrogen) atoms. The Labute approximate surface area is 169 Å². The number of rotatable bonds is 2. The van der Waals surface area contributed by atoms with Gasteiger partial charge in [0.1, 0.15) is 0 Å². The van der Waals surface area contributed by atoms with Gasteiger partial charge in [-0.15, -0.1) is 0 Å². The third-order valence-corrected chi connectivity index (χ3v) is 5.68. The van der Waals surface area contributed by atoms with Gasteiger partial charge in [0.05, 0.1) is 11.0 Å². The topological polar surface area (TPSA) is 73.2 Å². The number of nitrogens with zero attached hydrogens (tertiary/aromatic N) is 4. The maximum absolute atomic E-state index is 6.12. The largest absolute Gasteiger partial charge is 0.370 e. The van der Waals surface area contributed by atoms with Gasteiger partial charge in [0, 0.05) is 22.6 Å². The minimum absolute atomic E-state index is 0.260. The third-order valence-electron chi connectivity index (χ3n) is 5.68. The minimum Gasteiger partial charge on any atom is -0.370 e. The van der Waals surface area contributed by atoms with Crippen molar-refractivity contribution in [3.8, 4) is 5.69 Å². The zero-order valence-electron chi connectivity index (χ0n) is 17.1. The monoisotopic (exact) mass is 384 g/mol. The Morgan fingerprint density at radius 2 is 1.79 bits per heavy atom. The molecule has 6 nitrogen and oxygen atoms in total. The summed E-state index contributed by atoms with van der Waals surface area (Å²) < 4.78 is 4.43. The average molecular weight is 384 g/mol. The lowest BCUT2D eigenvalue weighted by molar-refractivity contribution is 0.621. The molecular weight excluding hydrogens is 360 g/mol. The molecule has 0 amide bonds. The fourth-order valence-electron chi connectivity index (χ4n) is 4.40. The number of benzene rings is 2. The molecule has 1 atom stereocenters. The first kappa shape index (κ1) is 17.6. The van der Waals surface area contributed by atoms with E-state index >= 15 is 0 Å². The Bertz CT molecular complexity index is 1290. The maximum atomic E-state index is 6.12. The van der Waals surface area contributed by atoms with Crippen LogP contribution in [0.1, 0.15) is 34.2 Å². The van der Waals surface area contributed by atoms with Crippen molar-refractivity contribution in [2.45, 2.75) is 33.9 Å². The molecule has 4 aromatic rings. The number of guanidine groups is 1. The minimum atomic E-state index is -0.260. The summed E-state index contributed by atoms with van der Waals surface area (Å²) in [5.74, 6) is 1.11. The lowest BCUT2D eigenvalue weighted by Gasteiger charge is -2.24. The summed E-state index contributed by atoms with van der Waals surface area (Å²) in [6.07, 6.45) is -0.260. The lowest BCUT2D eigenvalue weighted by Crippen LogP contribution is -2.31. The number of aliphatic imine (C=N–C) groups is 1. The number of anilines is 1. The van der Waals surface area contributed by atoms with Crippen LogP contribution in [0.15, 0.2) is 53.5 Å². The van der Waals surface area contributed by atoms with Crippen molar-refractivity contribution in [3.63, 3.8) is 0 Å². The highest BCUT2D eigenvalue weighted by atomic mass is 15.4. The molecule has 146 valence electrons. The van der Waals surface area contributed by atoms with Crippen LogP contribution in [-0.2, 0) is 0 Å². The molecular formula is C23H24N6. The van der Waals surface area contributed by atoms with Gasteiger partial charge < -0.3 is 10.3 Å². The number of fused-ring (bicyclic) bond motifs is 3. The highest BCUT2D eigenvalue weighted by molar-refractivity contribution is 5.94. The van der Waals surface area contributed by atoms with E-state index in [-0.39, 0.29) is 6.17 Å². The molecule has 1 aliphatic heterocycles. The van der Waals surface area contributed by atoms with Crippen LogP contribution in [0.5, 0.6) is 0 Å². The summed E-state index contributed by atoms with van der Waals surface area (Å²) in [7, 11) is 0. The van der Waals surface area contributed by atoms with Crippen LogP contribution in [0.25, 0.3) is 16.7 Å². The number of hydrogen-bond donors (Lipinski definition) is 2. The van der Waals surface area contributed by atoms with Gasteiger partial charge in [-0.25, -0.2) is 9.98 Å². The van der Waals surface area contributed by atoms with E-state index < -0.39 is 0 Å². The van der Waals surface area contributed by atoms with Crippen LogP contribution in [-0.4, -0.2) is 20.1 Å². The van der Waals surface area contributed by atoms with E-state index in [4.69, 9.17) is 15.7 Å². The van der Waals surface area contributed by atoms with E-state index in [0.717, 1.165) is 28.2 Å². The summed E-state index contributed by atoms with van der Waals surface area (Å²) in [6, 6.07) is 16.9. The van der Waals surface area contributed by atoms with Crippen molar-refractivity contribution >= 4 is 22.9 Å². The smallest absolute Gasteiger partial charge is 0.212 e. The second kappa shape index (κ2) is 6.24. The van der Waals surface area contributed by atoms with Crippen molar-refractivity contribution in [3.05, 3.63) is 76.6 Å². The SMILES string of the molecule is Cc1ccc(-n2c(C)cc([C@H]3N=C(N)Nc4nc5ccccc5n43)c2C)c(C)c1. The lowest BCUT2D eigenvalue weighted by atomic mass is 10.1. The van der Waals surface area contributed by atoms with Crippen LogP contribution >= 0.6 is 0 Å². The zero-order valence-corrected chi connectivity index (χ0v) is 17.1. The van der Waals surface area contributed by atoms with Crippen molar-refractivity contribution in [2.24, 2.45) is 10.7 Å². The Morgan fingerprint density at radius 1 is 1.00 bits per heavy atom. The molecule has 0 saturated carbocycles. The summed E-state index contributed by atoms with van der Waals surface area (Å²) in [6.45, 7) is 8.56. The van der Waals surface area contributed by atoms with Crippen LogP contribution < -0.4 is 11.1 Å². The highest BCUT2D eigenvalue weighted by Crippen LogP contribution is 2.36. The summed E-state index contributed by atoms with van der Waals surface area (Å²) in [4.78, 5) is 9.46. The van der Waals surface area contributed by atoms with Crippen LogP contribution in [0, 0.1) is 27.7 Å². The van der Waals surface area contributed by atoms with Crippen molar-refractivity contribution < 1.29 is 0 Å². The summed E-state index contributed by atoms with van der Waals surface area (Å²) in [5.41, 5.74) is 15.2. The third kappa shape index (κ3) is 2.63. The van der Waals surface area contributed by atoms with E-state index in [2.05, 4.69) is 72.5 Å². The maximum Gasteiger partial charge on any atom is 0.212 e. The molecule has 2 aromatic heterocycles. The van der Waals surface area contributed by atoms with Crippen LogP contribution in [0.3, 0.4) is 0 Å². The van der Waals surface area contributed by atoms with Crippen molar-refractivity contribution in [2.75, 3.05) is 5.32 Å². The van der Waals surface area contributed by atoms with Gasteiger partial charge in [-0.05, 0) is 57.5 Å². The number of nitrogens with two attached hydrogens (primary N) is 1. The van der Waals surface area contributed by atoms with Gasteiger partial charge >= 0.3 is 0 Å². The molecule has 0 saturated heterocycles. The van der Waals surface area contributed by atoms with E-state index in [1.54, 1.807) is 0 Å². The number of imidazole rings is 1. The molecule has 0 unspecified atom stereocenters. The van der Waals surface area contributed by atoms with Crippen molar-refractivity contribution in [1.29, 1.82) is 0 Å². The fraction of sp³-hybridized carbons (Fsp3) is 0.217. The van der Waals surface area contributed by atoms with Gasteiger partial charge in [0.2, 0.25) is 5.95 Å². The summed E-state index contributed by atoms with van der Waals surface area (Å²) in [5, 5.41) is 3.11. The van der Waals surface area contributed by atoms with Gasteiger partial charge in [0.25, 0.3) is 0 Å². The van der Waals surface area contributed by atoms with Gasteiger partial charge in [0.15, 0.2) is 12.1 Å². The zero-order chi connectivity index (χ0) is 20.3. The molecule has 0 fully saturated rings. The predicted molar refractivity (Wildman–Crippen MR) is 118 cm³/mol. The first-order valence-corrected chi connectivity index (χ1v) is 9.78. The molecule has 6 heteroatoms. The predicted octanol–water partition coefficient (Wildman–Crippen LogP) is 4.35. The molecule has 0 bridgehead atoms. The number of aromatic nitrogens is 3. The Kier molecular flexibility index (Phi) is 3.77. The number of aryl methyl sites for hydroxylation is 3. The Hall–Kier alpha value is -3.54. The molecule has 0 radical (unpaired) electrons. The fourth-order valence-corrected chi connectivity index (χ4v) is 4.40. The van der Waals surface area contributed by atoms with E-state index in [1.807, 2.05) is 18.2 Å². The second-order valence-electron chi connectivity index (χ2n) is 7.76. The molecule has 3 N–H and O–H groups in total. The van der Waals surface area contributed by atoms with Crippen LogP contribution in [0.2, 0.25) is 0 Å². The summed E-state index contributed by atoms with van der Waals surface area (Å²) >= 11 is 0. The van der Waals surface area contributed by atoms with Gasteiger partial charge in [-0.3, -0.25) is 9.88 Å². The second-order valence-corrected chi connectivity index (χ2v) is 7.76. The normalized spacial score (nSPS) is 15.9. The molecule has 0 spiro atoms. The quantitative estimate of drug-likeness (QED) is 0.540. The van der Waals surface area contributed by atoms with Gasteiger partial charge in [-0.2, -0.15) is 0 Å². The Balaban J connectivity index is 1.72. The number of para-hydroxylation sites is 2. The molecule has 1 aliphatic rings. The molecule has 5 rings (SSSR count). The van der Waals surface area contributed by atoms with E-state index in [0.29, 0.717) is 5.96 Å². The van der Waals surface area contributed by atoms with Crippen LogP contribution in [0.4, 0.5) is 5.95 Å². The van der Waals surface area contributed by atoms with Gasteiger partial charge in [-0.1, -0.05) is 29.8 Å². The standard InChI is InChI=1S/C23H24N6/c1-13-9-10-19(14(2)11-13)28-15(3)12-17(16(28)4)21-26-22(24)27-23-25-18-7-5-6-8-20(18)29(21)23/h5-12,21H,1-4H3,(H3,24,25,26,27)/t21-/m0/s1. The molecule has 3 heterocycles. The van der Waals surface area contributed by atoms with E-state index in [1.165, 1.54) is 22.5 Å². The average Bonchev–Trinajstić information content (AvgIpc) is 3.18. The first-order chi connectivity index (χ1) is 13.9. The Morgan fingerprint density at radius 3 is 2.59 bits per heavy atom. The molecule has 0 aliphatic carbocycles. The number of nitrogens with one attached hydrogen (secondary N) is 1. The number of hydrogen-bond acceptors (Lipinski definition) is 4.